The summed E-state index contributed by atoms with van der Waals surface area (Å²) in [7, 11) is 0. The Morgan fingerprint density at radius 3 is 2.72 bits per heavy atom. The molecule has 9 rings (SSSR count). The lowest BCUT2D eigenvalue weighted by molar-refractivity contribution is -0.138. The van der Waals surface area contributed by atoms with Crippen molar-refractivity contribution in [3.05, 3.63) is 65.5 Å². The van der Waals surface area contributed by atoms with Crippen LogP contribution in [0.4, 0.5) is 0 Å². The van der Waals surface area contributed by atoms with Crippen molar-refractivity contribution in [3.63, 3.8) is 0 Å². The van der Waals surface area contributed by atoms with Crippen molar-refractivity contribution >= 4 is 10.8 Å². The number of hydrogen-bond donors (Lipinski definition) is 3. The SMILES string of the molecule is C[C@]12CC=C3C=C4[C@H]5OC5[C@@H](N5C[C@H](O)[C@@H](O)C5)C[C@]45CCC3(O5)[C@@H]1C[C@@H](O)C2c1ccc2ccncc2c1. The summed E-state index contributed by atoms with van der Waals surface area (Å²) in [5, 5.41) is 34.4. The molecular formula is C32H36N2O5. The monoisotopic (exact) mass is 528 g/mol. The Balaban J connectivity index is 1.09. The van der Waals surface area contributed by atoms with E-state index < -0.39 is 18.3 Å². The van der Waals surface area contributed by atoms with Gasteiger partial charge in [-0.1, -0.05) is 31.2 Å². The second kappa shape index (κ2) is 7.58. The maximum atomic E-state index is 11.7. The van der Waals surface area contributed by atoms with Gasteiger partial charge in [-0.2, -0.15) is 0 Å². The Morgan fingerprint density at radius 2 is 1.87 bits per heavy atom. The van der Waals surface area contributed by atoms with Crippen LogP contribution in [0.25, 0.3) is 10.8 Å². The Kier molecular flexibility index (Phi) is 4.58. The molecule has 2 aromatic rings. The Bertz CT molecular complexity index is 1450. The zero-order valence-electron chi connectivity index (χ0n) is 22.2. The summed E-state index contributed by atoms with van der Waals surface area (Å²) in [6.45, 7) is 3.34. The van der Waals surface area contributed by atoms with E-state index in [1.165, 1.54) is 22.1 Å². The van der Waals surface area contributed by atoms with Gasteiger partial charge >= 0.3 is 0 Å². The van der Waals surface area contributed by atoms with Crippen LogP contribution in [0.5, 0.6) is 0 Å². The molecule has 0 amide bonds. The fourth-order valence-electron chi connectivity index (χ4n) is 10.00. The van der Waals surface area contributed by atoms with E-state index >= 15 is 0 Å². The van der Waals surface area contributed by atoms with Crippen LogP contribution in [-0.2, 0) is 9.47 Å². The summed E-state index contributed by atoms with van der Waals surface area (Å²) in [4.78, 5) is 6.55. The average Bonchev–Trinajstić information content (AvgIpc) is 3.47. The maximum absolute atomic E-state index is 11.7. The molecule has 2 bridgehead atoms. The Hall–Kier alpha value is -2.13. The highest BCUT2D eigenvalue weighted by molar-refractivity contribution is 5.82. The van der Waals surface area contributed by atoms with Crippen molar-refractivity contribution in [2.24, 2.45) is 11.3 Å². The van der Waals surface area contributed by atoms with Gasteiger partial charge in [0.2, 0.25) is 0 Å². The lowest BCUT2D eigenvalue weighted by Crippen LogP contribution is -2.57. The lowest BCUT2D eigenvalue weighted by Gasteiger charge is -2.54. The summed E-state index contributed by atoms with van der Waals surface area (Å²) in [5.41, 5.74) is 2.91. The molecule has 5 heterocycles. The van der Waals surface area contributed by atoms with E-state index in [0.29, 0.717) is 13.1 Å². The molecule has 204 valence electrons. The Morgan fingerprint density at radius 1 is 1.03 bits per heavy atom. The van der Waals surface area contributed by atoms with Crippen LogP contribution in [0, 0.1) is 11.3 Å². The van der Waals surface area contributed by atoms with Crippen molar-refractivity contribution in [1.29, 1.82) is 0 Å². The van der Waals surface area contributed by atoms with E-state index in [1.54, 1.807) is 0 Å². The minimum absolute atomic E-state index is 0.0348. The molecule has 39 heavy (non-hydrogen) atoms. The number of likely N-dealkylation sites (tertiary alicyclic amines) is 1. The molecule has 2 saturated carbocycles. The smallest absolute Gasteiger partial charge is 0.110 e. The third-order valence-electron chi connectivity index (χ3n) is 11.8. The highest BCUT2D eigenvalue weighted by Gasteiger charge is 2.72. The quantitative estimate of drug-likeness (QED) is 0.516. The van der Waals surface area contributed by atoms with Gasteiger partial charge in [-0.05, 0) is 71.7 Å². The van der Waals surface area contributed by atoms with Crippen LogP contribution < -0.4 is 0 Å². The van der Waals surface area contributed by atoms with Crippen LogP contribution in [0.15, 0.2) is 60.0 Å². The molecule has 1 aromatic heterocycles. The van der Waals surface area contributed by atoms with Crippen molar-refractivity contribution in [2.45, 2.75) is 92.7 Å². The normalized spacial score (nSPS) is 49.6. The molecule has 4 aliphatic heterocycles. The van der Waals surface area contributed by atoms with Gasteiger partial charge in [-0.3, -0.25) is 9.88 Å². The predicted molar refractivity (Wildman–Crippen MR) is 144 cm³/mol. The highest BCUT2D eigenvalue weighted by Crippen LogP contribution is 2.70. The molecule has 1 aromatic carbocycles. The molecule has 3 unspecified atom stereocenters. The molecule has 7 heteroatoms. The minimum atomic E-state index is -0.699. The number of epoxide rings is 1. The lowest BCUT2D eigenvalue weighted by atomic mass is 9.58. The van der Waals surface area contributed by atoms with Crippen molar-refractivity contribution < 1.29 is 24.8 Å². The van der Waals surface area contributed by atoms with Gasteiger partial charge in [0.15, 0.2) is 0 Å². The molecule has 0 radical (unpaired) electrons. The van der Waals surface area contributed by atoms with E-state index in [2.05, 4.69) is 47.2 Å². The summed E-state index contributed by atoms with van der Waals surface area (Å²) in [6, 6.07) is 8.77. The van der Waals surface area contributed by atoms with Gasteiger partial charge < -0.3 is 24.8 Å². The number of aliphatic hydroxyl groups excluding tert-OH is 3. The fourth-order valence-corrected chi connectivity index (χ4v) is 10.00. The van der Waals surface area contributed by atoms with Crippen LogP contribution in [-0.4, -0.2) is 86.1 Å². The molecule has 3 N–H and O–H groups in total. The second-order valence-corrected chi connectivity index (χ2v) is 13.7. The number of aromatic nitrogens is 1. The number of hydrogen-bond acceptors (Lipinski definition) is 7. The number of rotatable bonds is 2. The highest BCUT2D eigenvalue weighted by atomic mass is 16.6. The third-order valence-corrected chi connectivity index (χ3v) is 11.8. The number of pyridine rings is 1. The fraction of sp³-hybridized carbons (Fsp3) is 0.594. The largest absolute Gasteiger partial charge is 0.392 e. The summed E-state index contributed by atoms with van der Waals surface area (Å²) >= 11 is 0. The molecule has 2 spiro atoms. The van der Waals surface area contributed by atoms with Crippen LogP contribution in [0.1, 0.15) is 50.5 Å². The van der Waals surface area contributed by atoms with E-state index in [4.69, 9.17) is 9.47 Å². The predicted octanol–water partition coefficient (Wildman–Crippen LogP) is 2.84. The van der Waals surface area contributed by atoms with E-state index in [1.807, 2.05) is 18.5 Å². The van der Waals surface area contributed by atoms with Crippen LogP contribution in [0.2, 0.25) is 0 Å². The number of β-amino-alcohol motifs (C(OH)–C–C–N with tert-alkyl or cyclic N) is 2. The zero-order chi connectivity index (χ0) is 26.3. The molecule has 11 atom stereocenters. The van der Waals surface area contributed by atoms with Crippen molar-refractivity contribution in [2.75, 3.05) is 13.1 Å². The van der Waals surface area contributed by atoms with Crippen LogP contribution in [0.3, 0.4) is 0 Å². The summed E-state index contributed by atoms with van der Waals surface area (Å²) in [6.07, 6.45) is 11.3. The summed E-state index contributed by atoms with van der Waals surface area (Å²) < 4.78 is 13.7. The minimum Gasteiger partial charge on any atom is -0.392 e. The number of aliphatic hydroxyl groups is 3. The first kappa shape index (κ1) is 23.6. The van der Waals surface area contributed by atoms with Gasteiger partial charge in [0.05, 0.1) is 29.5 Å². The van der Waals surface area contributed by atoms with Gasteiger partial charge in [-0.25, -0.2) is 0 Å². The molecule has 7 aliphatic rings. The number of benzene rings is 1. The van der Waals surface area contributed by atoms with E-state index in [-0.39, 0.29) is 46.7 Å². The number of allylic oxidation sites excluding steroid dienone is 1. The first-order valence-electron chi connectivity index (χ1n) is 14.7. The molecule has 3 aliphatic carbocycles. The third kappa shape index (κ3) is 2.96. The summed E-state index contributed by atoms with van der Waals surface area (Å²) in [5.74, 6) is 0.256. The molecular weight excluding hydrogens is 492 g/mol. The molecule has 5 fully saturated rings. The van der Waals surface area contributed by atoms with Crippen molar-refractivity contribution in [3.8, 4) is 0 Å². The average molecular weight is 529 g/mol. The van der Waals surface area contributed by atoms with E-state index in [0.717, 1.165) is 37.5 Å². The Labute approximate surface area is 228 Å². The zero-order valence-corrected chi connectivity index (χ0v) is 22.2. The van der Waals surface area contributed by atoms with Gasteiger partial charge in [0.1, 0.15) is 12.2 Å². The molecule has 3 saturated heterocycles. The van der Waals surface area contributed by atoms with Crippen molar-refractivity contribution in [1.82, 2.24) is 9.88 Å². The topological polar surface area (TPSA) is 98.6 Å². The number of ether oxygens (including phenoxy) is 2. The van der Waals surface area contributed by atoms with E-state index in [9.17, 15) is 15.3 Å². The van der Waals surface area contributed by atoms with Gasteiger partial charge in [-0.15, -0.1) is 0 Å². The van der Waals surface area contributed by atoms with Gasteiger partial charge in [0, 0.05) is 48.7 Å². The molecule has 7 nitrogen and oxygen atoms in total. The first-order chi connectivity index (χ1) is 18.8. The van der Waals surface area contributed by atoms with Crippen LogP contribution >= 0.6 is 0 Å². The number of fused-ring (bicyclic) bond motifs is 4. The van der Waals surface area contributed by atoms with Gasteiger partial charge in [0.25, 0.3) is 0 Å². The standard InChI is InChI=1S/C32H36N2O5/c1-30-6-4-20-11-21-28-29(38-28)22(34-15-24(36)25(37)16-34)13-31(21)7-8-32(20,39-31)26(30)12-23(35)27(30)18-3-2-17-5-9-33-14-19(17)10-18/h2-5,9-11,14,22-29,35-37H,6-8,12-13,15-16H2,1H3/t22-,23+,24-,25-,26+,27?,28+,29?,30-,31+,32?/m0/s1. The maximum Gasteiger partial charge on any atom is 0.110 e. The number of nitrogens with zero attached hydrogens (tertiary/aromatic N) is 2. The second-order valence-electron chi connectivity index (χ2n) is 13.7. The first-order valence-corrected chi connectivity index (χ1v) is 14.7.